The second-order valence-electron chi connectivity index (χ2n) is 5.62. The predicted octanol–water partition coefficient (Wildman–Crippen LogP) is 4.94. The first-order valence-electron chi connectivity index (χ1n) is 7.93. The molecule has 8 heteroatoms. The van der Waals surface area contributed by atoms with Crippen molar-refractivity contribution in [2.75, 3.05) is 5.32 Å². The first-order chi connectivity index (χ1) is 12.4. The van der Waals surface area contributed by atoms with E-state index in [1.165, 1.54) is 12.1 Å². The van der Waals surface area contributed by atoms with Gasteiger partial charge in [0.15, 0.2) is 0 Å². The summed E-state index contributed by atoms with van der Waals surface area (Å²) in [5, 5.41) is 20.6. The third kappa shape index (κ3) is 3.85. The molecule has 2 N–H and O–H groups in total. The lowest BCUT2D eigenvalue weighted by Crippen LogP contribution is -2.04. The summed E-state index contributed by atoms with van der Waals surface area (Å²) in [5.74, 6) is 0.328. The Morgan fingerprint density at radius 3 is 2.42 bits per heavy atom. The van der Waals surface area contributed by atoms with Gasteiger partial charge in [0.25, 0.3) is 0 Å². The van der Waals surface area contributed by atoms with Gasteiger partial charge in [0.05, 0.1) is 16.8 Å². The highest BCUT2D eigenvalue weighted by atomic mass is 19.4. The maximum absolute atomic E-state index is 12.7. The molecule has 0 amide bonds. The molecule has 2 aromatic carbocycles. The van der Waals surface area contributed by atoms with Gasteiger partial charge in [-0.2, -0.15) is 13.2 Å². The van der Waals surface area contributed by atoms with E-state index in [2.05, 4.69) is 15.5 Å². The summed E-state index contributed by atoms with van der Waals surface area (Å²) in [5.41, 5.74) is 0.938. The molecule has 0 spiro atoms. The van der Waals surface area contributed by atoms with Gasteiger partial charge in [-0.3, -0.25) is 0 Å². The van der Waals surface area contributed by atoms with Crippen LogP contribution >= 0.6 is 0 Å². The Balaban J connectivity index is 1.87. The van der Waals surface area contributed by atoms with E-state index >= 15 is 0 Å². The smallest absolute Gasteiger partial charge is 0.416 e. The largest absolute Gasteiger partial charge is 0.418 e. The first kappa shape index (κ1) is 17.9. The molecule has 26 heavy (non-hydrogen) atoms. The molecule has 0 saturated carbocycles. The highest BCUT2D eigenvalue weighted by molar-refractivity contribution is 5.76. The number of para-hydroxylation sites is 1. The maximum atomic E-state index is 12.7. The maximum Gasteiger partial charge on any atom is 0.416 e. The summed E-state index contributed by atoms with van der Waals surface area (Å²) in [6.07, 6.45) is -4.78. The molecule has 136 valence electrons. The number of alkyl halides is 3. The number of anilines is 2. The third-order valence-corrected chi connectivity index (χ3v) is 3.76. The van der Waals surface area contributed by atoms with E-state index in [4.69, 9.17) is 4.42 Å². The van der Waals surface area contributed by atoms with Crippen molar-refractivity contribution >= 4 is 11.4 Å². The van der Waals surface area contributed by atoms with Gasteiger partial charge in [-0.25, -0.2) is 0 Å². The molecule has 1 heterocycles. The van der Waals surface area contributed by atoms with Gasteiger partial charge in [-0.15, -0.1) is 10.2 Å². The monoisotopic (exact) mass is 363 g/mol. The fourth-order valence-electron chi connectivity index (χ4n) is 2.33. The van der Waals surface area contributed by atoms with Crippen molar-refractivity contribution in [1.29, 1.82) is 0 Å². The number of halogens is 3. The van der Waals surface area contributed by atoms with Crippen LogP contribution in [0.25, 0.3) is 11.5 Å². The van der Waals surface area contributed by atoms with Crippen molar-refractivity contribution in [2.24, 2.45) is 0 Å². The van der Waals surface area contributed by atoms with E-state index in [0.717, 1.165) is 12.1 Å². The van der Waals surface area contributed by atoms with Crippen LogP contribution in [0.15, 0.2) is 52.9 Å². The van der Waals surface area contributed by atoms with Crippen LogP contribution in [0.4, 0.5) is 24.5 Å². The Bertz CT molecular complexity index is 876. The molecular weight excluding hydrogens is 347 g/mol. The van der Waals surface area contributed by atoms with E-state index in [-0.39, 0.29) is 11.8 Å². The van der Waals surface area contributed by atoms with E-state index in [9.17, 15) is 18.3 Å². The molecule has 3 aromatic rings. The number of rotatable bonds is 5. The minimum Gasteiger partial charge on any atom is -0.418 e. The van der Waals surface area contributed by atoms with E-state index in [1.54, 1.807) is 31.2 Å². The van der Waals surface area contributed by atoms with Gasteiger partial charge in [0.2, 0.25) is 11.8 Å². The fraction of sp³-hybridized carbons (Fsp3) is 0.222. The molecular formula is C18H16F3N3O2. The molecule has 0 fully saturated rings. The number of hydrogen-bond acceptors (Lipinski definition) is 5. The lowest BCUT2D eigenvalue weighted by Gasteiger charge is -2.11. The van der Waals surface area contributed by atoms with Gasteiger partial charge in [0.1, 0.15) is 6.10 Å². The van der Waals surface area contributed by atoms with Gasteiger partial charge < -0.3 is 14.8 Å². The average Bonchev–Trinajstić information content (AvgIpc) is 3.11. The highest BCUT2D eigenvalue weighted by Crippen LogP contribution is 2.33. The number of nitrogens with zero attached hydrogens (tertiary/aromatic N) is 2. The van der Waals surface area contributed by atoms with Crippen molar-refractivity contribution < 1.29 is 22.7 Å². The second-order valence-corrected chi connectivity index (χ2v) is 5.62. The topological polar surface area (TPSA) is 71.2 Å². The molecule has 1 aromatic heterocycles. The molecule has 0 aliphatic carbocycles. The summed E-state index contributed by atoms with van der Waals surface area (Å²) in [7, 11) is 0. The van der Waals surface area contributed by atoms with E-state index in [0.29, 0.717) is 23.4 Å². The molecule has 0 aliphatic heterocycles. The van der Waals surface area contributed by atoms with Crippen LogP contribution in [0.3, 0.4) is 0 Å². The van der Waals surface area contributed by atoms with Crippen molar-refractivity contribution in [2.45, 2.75) is 25.6 Å². The molecule has 1 unspecified atom stereocenters. The highest BCUT2D eigenvalue weighted by Gasteiger charge is 2.30. The zero-order valence-electron chi connectivity index (χ0n) is 13.8. The number of benzene rings is 2. The lowest BCUT2D eigenvalue weighted by atomic mass is 10.1. The number of aromatic nitrogens is 2. The Morgan fingerprint density at radius 2 is 1.77 bits per heavy atom. The Kier molecular flexibility index (Phi) is 4.94. The predicted molar refractivity (Wildman–Crippen MR) is 89.7 cm³/mol. The molecule has 3 rings (SSSR count). The van der Waals surface area contributed by atoms with Crippen LogP contribution in [-0.4, -0.2) is 15.3 Å². The van der Waals surface area contributed by atoms with Crippen LogP contribution in [0.5, 0.6) is 0 Å². The zero-order chi connectivity index (χ0) is 18.7. The molecule has 0 aliphatic rings. The first-order valence-corrected chi connectivity index (χ1v) is 7.93. The standard InChI is InChI=1S/C18H16F3N3O2/c1-2-15(25)17-24-23-16(26-17)13-5-3-4-6-14(13)22-12-9-7-11(8-10-12)18(19,20)21/h3-10,15,22,25H,2H2,1H3. The quantitative estimate of drug-likeness (QED) is 0.672. The summed E-state index contributed by atoms with van der Waals surface area (Å²) in [6, 6.07) is 11.7. The number of aliphatic hydroxyl groups is 1. The van der Waals surface area contributed by atoms with Crippen LogP contribution < -0.4 is 5.32 Å². The fourth-order valence-corrected chi connectivity index (χ4v) is 2.33. The number of hydrogen-bond donors (Lipinski definition) is 2. The van der Waals surface area contributed by atoms with Crippen molar-refractivity contribution in [3.05, 3.63) is 60.0 Å². The van der Waals surface area contributed by atoms with E-state index in [1.807, 2.05) is 0 Å². The Morgan fingerprint density at radius 1 is 1.08 bits per heavy atom. The second kappa shape index (κ2) is 7.17. The van der Waals surface area contributed by atoms with Crippen molar-refractivity contribution in [1.82, 2.24) is 10.2 Å². The Labute approximate surface area is 147 Å². The third-order valence-electron chi connectivity index (χ3n) is 3.76. The normalized spacial score (nSPS) is 12.8. The minimum absolute atomic E-state index is 0.117. The molecule has 0 bridgehead atoms. The van der Waals surface area contributed by atoms with Gasteiger partial charge in [-0.05, 0) is 42.8 Å². The van der Waals surface area contributed by atoms with Crippen molar-refractivity contribution in [3.63, 3.8) is 0 Å². The van der Waals surface area contributed by atoms with Crippen LogP contribution in [0, 0.1) is 0 Å². The SMILES string of the molecule is CCC(O)c1nnc(-c2ccccc2Nc2ccc(C(F)(F)F)cc2)o1. The number of nitrogens with one attached hydrogen (secondary N) is 1. The van der Waals surface area contributed by atoms with Crippen LogP contribution in [-0.2, 0) is 6.18 Å². The summed E-state index contributed by atoms with van der Waals surface area (Å²) < 4.78 is 43.5. The Hall–Kier alpha value is -2.87. The van der Waals surface area contributed by atoms with Gasteiger partial charge in [0, 0.05) is 5.69 Å². The van der Waals surface area contributed by atoms with Gasteiger partial charge in [-0.1, -0.05) is 19.1 Å². The van der Waals surface area contributed by atoms with Crippen molar-refractivity contribution in [3.8, 4) is 11.5 Å². The summed E-state index contributed by atoms with van der Waals surface area (Å²) >= 11 is 0. The summed E-state index contributed by atoms with van der Waals surface area (Å²) in [4.78, 5) is 0. The number of aliphatic hydroxyl groups excluding tert-OH is 1. The van der Waals surface area contributed by atoms with Gasteiger partial charge >= 0.3 is 6.18 Å². The molecule has 1 atom stereocenters. The molecule has 0 radical (unpaired) electrons. The van der Waals surface area contributed by atoms with Crippen LogP contribution in [0.2, 0.25) is 0 Å². The van der Waals surface area contributed by atoms with Crippen LogP contribution in [0.1, 0.15) is 30.9 Å². The minimum atomic E-state index is -4.38. The lowest BCUT2D eigenvalue weighted by molar-refractivity contribution is -0.137. The van der Waals surface area contributed by atoms with E-state index < -0.39 is 17.8 Å². The molecule has 0 saturated heterocycles. The zero-order valence-corrected chi connectivity index (χ0v) is 13.8. The average molecular weight is 363 g/mol. The summed E-state index contributed by atoms with van der Waals surface area (Å²) in [6.45, 7) is 1.79. The molecule has 5 nitrogen and oxygen atoms in total.